The van der Waals surface area contributed by atoms with E-state index in [0.29, 0.717) is 0 Å². The van der Waals surface area contributed by atoms with Crippen molar-refractivity contribution in [2.45, 2.75) is 11.8 Å². The van der Waals surface area contributed by atoms with Crippen molar-refractivity contribution in [3.63, 3.8) is 0 Å². The molecule has 2 rings (SSSR count). The second-order valence-corrected chi connectivity index (χ2v) is 4.32. The lowest BCUT2D eigenvalue weighted by Crippen LogP contribution is -1.84. The number of hydrogen-bond acceptors (Lipinski definition) is 1. The van der Waals surface area contributed by atoms with E-state index in [0.717, 1.165) is 0 Å². The molecule has 0 bridgehead atoms. The zero-order valence-corrected chi connectivity index (χ0v) is 9.77. The van der Waals surface area contributed by atoms with Gasteiger partial charge in [-0.1, -0.05) is 30.3 Å². The van der Waals surface area contributed by atoms with Crippen LogP contribution in [0.5, 0.6) is 0 Å². The highest BCUT2D eigenvalue weighted by Gasteiger charge is 2.02. The van der Waals surface area contributed by atoms with Crippen LogP contribution < -0.4 is 0 Å². The lowest BCUT2D eigenvalue weighted by molar-refractivity contribution is 1.36. The molecule has 0 aliphatic rings. The summed E-state index contributed by atoms with van der Waals surface area (Å²) in [6.45, 7) is 2.10. The van der Waals surface area contributed by atoms with Crippen LogP contribution in [-0.2, 0) is 0 Å². The molecule has 0 amide bonds. The minimum absolute atomic E-state index is 1.21. The van der Waals surface area contributed by atoms with Gasteiger partial charge < -0.3 is 0 Å². The molecule has 0 saturated carbocycles. The van der Waals surface area contributed by atoms with Crippen molar-refractivity contribution in [3.8, 4) is 11.1 Å². The molecule has 0 atom stereocenters. The maximum Gasteiger partial charge on any atom is 0.00816 e. The van der Waals surface area contributed by atoms with Crippen molar-refractivity contribution < 1.29 is 0 Å². The number of thioether (sulfide) groups is 1. The summed E-state index contributed by atoms with van der Waals surface area (Å²) in [5.41, 5.74) is 3.75. The van der Waals surface area contributed by atoms with E-state index < -0.39 is 0 Å². The Labute approximate surface area is 95.3 Å². The van der Waals surface area contributed by atoms with E-state index in [4.69, 9.17) is 0 Å². The van der Waals surface area contributed by atoms with Gasteiger partial charge in [0, 0.05) is 4.90 Å². The molecule has 0 aliphatic heterocycles. The first-order valence-electron chi connectivity index (χ1n) is 4.93. The van der Waals surface area contributed by atoms with Crippen molar-refractivity contribution >= 4 is 11.8 Å². The molecule has 0 aromatic heterocycles. The standard InChI is InChI=1S/C14H13S/c1-11-8-9-13(15-2)10-14(11)12-6-4-3-5-7-12/h3-7,9-10H,1-2H3. The van der Waals surface area contributed by atoms with Crippen LogP contribution in [-0.4, -0.2) is 6.26 Å². The van der Waals surface area contributed by atoms with E-state index >= 15 is 0 Å². The highest BCUT2D eigenvalue weighted by atomic mass is 32.2. The molecule has 0 N–H and O–H groups in total. The molecule has 15 heavy (non-hydrogen) atoms. The molecule has 75 valence electrons. The Morgan fingerprint density at radius 1 is 1.13 bits per heavy atom. The first kappa shape index (κ1) is 10.3. The number of benzene rings is 2. The minimum atomic E-state index is 1.21. The lowest BCUT2D eigenvalue weighted by Gasteiger charge is -2.07. The number of aryl methyl sites for hydroxylation is 1. The Hall–Kier alpha value is -1.21. The molecular formula is C14H13S. The number of hydrogen-bond donors (Lipinski definition) is 0. The van der Waals surface area contributed by atoms with Gasteiger partial charge >= 0.3 is 0 Å². The summed E-state index contributed by atoms with van der Waals surface area (Å²) >= 11 is 1.76. The second-order valence-electron chi connectivity index (χ2n) is 3.44. The normalized spacial score (nSPS) is 10.3. The summed E-state index contributed by atoms with van der Waals surface area (Å²) in [5.74, 6) is 0. The Bertz CT molecular complexity index is 446. The fraction of sp³-hybridized carbons (Fsp3) is 0.143. The smallest absolute Gasteiger partial charge is 0.00816 e. The molecule has 1 radical (unpaired) electrons. The van der Waals surface area contributed by atoms with Crippen LogP contribution in [0.4, 0.5) is 0 Å². The first-order chi connectivity index (χ1) is 7.31. The van der Waals surface area contributed by atoms with Crippen LogP contribution >= 0.6 is 11.8 Å². The van der Waals surface area contributed by atoms with Crippen molar-refractivity contribution in [1.29, 1.82) is 0 Å². The Kier molecular flexibility index (Phi) is 3.12. The molecular weight excluding hydrogens is 200 g/mol. The predicted octanol–water partition coefficient (Wildman–Crippen LogP) is 4.18. The zero-order valence-electron chi connectivity index (χ0n) is 8.95. The lowest BCUT2D eigenvalue weighted by atomic mass is 10.0. The third-order valence-corrected chi connectivity index (χ3v) is 3.15. The monoisotopic (exact) mass is 213 g/mol. The minimum Gasteiger partial charge on any atom is -0.130 e. The van der Waals surface area contributed by atoms with Crippen molar-refractivity contribution in [2.75, 3.05) is 6.26 Å². The molecule has 0 nitrogen and oxygen atoms in total. The number of rotatable bonds is 2. The van der Waals surface area contributed by atoms with E-state index in [1.54, 1.807) is 11.8 Å². The van der Waals surface area contributed by atoms with Crippen molar-refractivity contribution in [3.05, 3.63) is 54.1 Å². The van der Waals surface area contributed by atoms with Crippen molar-refractivity contribution in [1.82, 2.24) is 0 Å². The largest absolute Gasteiger partial charge is 0.130 e. The van der Waals surface area contributed by atoms with Gasteiger partial charge in [-0.3, -0.25) is 0 Å². The van der Waals surface area contributed by atoms with Gasteiger partial charge in [0.15, 0.2) is 0 Å². The Morgan fingerprint density at radius 2 is 1.87 bits per heavy atom. The Balaban J connectivity index is 2.52. The summed E-state index contributed by atoms with van der Waals surface area (Å²) in [5, 5.41) is 0. The van der Waals surface area contributed by atoms with Gasteiger partial charge in [0.05, 0.1) is 0 Å². The van der Waals surface area contributed by atoms with Gasteiger partial charge in [-0.15, -0.1) is 11.8 Å². The molecule has 0 aliphatic carbocycles. The van der Waals surface area contributed by atoms with E-state index in [2.05, 4.69) is 49.6 Å². The van der Waals surface area contributed by atoms with Gasteiger partial charge in [0.1, 0.15) is 0 Å². The van der Waals surface area contributed by atoms with E-state index in [1.807, 2.05) is 12.1 Å². The molecule has 0 fully saturated rings. The summed E-state index contributed by atoms with van der Waals surface area (Å²) in [6.07, 6.45) is 2.09. The summed E-state index contributed by atoms with van der Waals surface area (Å²) in [7, 11) is 0. The van der Waals surface area contributed by atoms with Crippen LogP contribution in [0.25, 0.3) is 11.1 Å². The maximum absolute atomic E-state index is 3.30. The highest BCUT2D eigenvalue weighted by molar-refractivity contribution is 7.98. The third kappa shape index (κ3) is 2.24. The second kappa shape index (κ2) is 4.54. The molecule has 0 saturated heterocycles. The summed E-state index contributed by atoms with van der Waals surface area (Å²) in [6, 6.07) is 18.0. The van der Waals surface area contributed by atoms with Crippen LogP contribution in [0.2, 0.25) is 0 Å². The third-order valence-electron chi connectivity index (χ3n) is 2.44. The topological polar surface area (TPSA) is 0 Å². The van der Waals surface area contributed by atoms with E-state index in [9.17, 15) is 0 Å². The predicted molar refractivity (Wildman–Crippen MR) is 67.2 cm³/mol. The summed E-state index contributed by atoms with van der Waals surface area (Å²) in [4.78, 5) is 1.26. The SMILES string of the molecule is CSc1c[c]c(C)c(-c2ccccc2)c1. The quantitative estimate of drug-likeness (QED) is 0.674. The van der Waals surface area contributed by atoms with Gasteiger partial charge in [-0.2, -0.15) is 0 Å². The maximum atomic E-state index is 3.30. The van der Waals surface area contributed by atoms with Crippen LogP contribution in [0, 0.1) is 13.0 Å². The average Bonchev–Trinajstić information content (AvgIpc) is 2.31. The van der Waals surface area contributed by atoms with E-state index in [-0.39, 0.29) is 0 Å². The van der Waals surface area contributed by atoms with E-state index in [1.165, 1.54) is 21.6 Å². The van der Waals surface area contributed by atoms with Gasteiger partial charge in [-0.25, -0.2) is 0 Å². The van der Waals surface area contributed by atoms with Gasteiger partial charge in [0.2, 0.25) is 0 Å². The zero-order chi connectivity index (χ0) is 10.7. The summed E-state index contributed by atoms with van der Waals surface area (Å²) < 4.78 is 0. The van der Waals surface area contributed by atoms with Crippen LogP contribution in [0.3, 0.4) is 0 Å². The van der Waals surface area contributed by atoms with Crippen molar-refractivity contribution in [2.24, 2.45) is 0 Å². The molecule has 2 aromatic carbocycles. The average molecular weight is 213 g/mol. The molecule has 2 aromatic rings. The molecule has 1 heteroatoms. The fourth-order valence-electron chi connectivity index (χ4n) is 1.58. The Morgan fingerprint density at radius 3 is 2.53 bits per heavy atom. The molecule has 0 heterocycles. The molecule has 0 unspecified atom stereocenters. The van der Waals surface area contributed by atoms with Gasteiger partial charge in [0.25, 0.3) is 0 Å². The first-order valence-corrected chi connectivity index (χ1v) is 6.15. The fourth-order valence-corrected chi connectivity index (χ4v) is 2.00. The van der Waals surface area contributed by atoms with Gasteiger partial charge in [-0.05, 0) is 48.1 Å². The molecule has 0 spiro atoms. The highest BCUT2D eigenvalue weighted by Crippen LogP contribution is 2.27. The van der Waals surface area contributed by atoms with Crippen LogP contribution in [0.15, 0.2) is 47.4 Å². The van der Waals surface area contributed by atoms with Crippen LogP contribution in [0.1, 0.15) is 5.56 Å².